The molecule has 5 heteroatoms. The van der Waals surface area contributed by atoms with E-state index in [0.717, 1.165) is 35.3 Å². The standard InChI is InChI=1S/C17H24N4O/c1-12(16-11-19-21(4)13(16)2)20-17(22)15-8-6-5-7-14(15)9-10-18-3/h5-8,11-12,18H,9-10H2,1-4H3,(H,20,22). The molecule has 0 saturated carbocycles. The van der Waals surface area contributed by atoms with E-state index in [0.29, 0.717) is 0 Å². The average Bonchev–Trinajstić information content (AvgIpc) is 2.85. The molecule has 22 heavy (non-hydrogen) atoms. The Hall–Kier alpha value is -2.14. The highest BCUT2D eigenvalue weighted by Crippen LogP contribution is 2.17. The van der Waals surface area contributed by atoms with Gasteiger partial charge >= 0.3 is 0 Å². The Morgan fingerprint density at radius 1 is 1.36 bits per heavy atom. The normalized spacial score (nSPS) is 12.2. The monoisotopic (exact) mass is 300 g/mol. The first-order valence-electron chi connectivity index (χ1n) is 7.56. The highest BCUT2D eigenvalue weighted by Gasteiger charge is 2.17. The first-order chi connectivity index (χ1) is 10.5. The molecule has 1 atom stereocenters. The van der Waals surface area contributed by atoms with Crippen LogP contribution < -0.4 is 10.6 Å². The van der Waals surface area contributed by atoms with Crippen molar-refractivity contribution in [2.75, 3.05) is 13.6 Å². The Labute approximate surface area is 131 Å². The Kier molecular flexibility index (Phi) is 5.33. The molecular weight excluding hydrogens is 276 g/mol. The number of carbonyl (C=O) groups is 1. The lowest BCUT2D eigenvalue weighted by Crippen LogP contribution is -2.28. The number of carbonyl (C=O) groups excluding carboxylic acids is 1. The number of rotatable bonds is 6. The van der Waals surface area contributed by atoms with Gasteiger partial charge in [0.2, 0.25) is 0 Å². The van der Waals surface area contributed by atoms with Crippen LogP contribution in [0.3, 0.4) is 0 Å². The summed E-state index contributed by atoms with van der Waals surface area (Å²) in [5.41, 5.74) is 3.91. The van der Waals surface area contributed by atoms with Gasteiger partial charge in [-0.3, -0.25) is 9.48 Å². The number of nitrogens with one attached hydrogen (secondary N) is 2. The van der Waals surface area contributed by atoms with E-state index in [1.165, 1.54) is 0 Å². The lowest BCUT2D eigenvalue weighted by Gasteiger charge is -2.15. The van der Waals surface area contributed by atoms with Gasteiger partial charge in [-0.1, -0.05) is 18.2 Å². The van der Waals surface area contributed by atoms with Crippen molar-refractivity contribution in [2.24, 2.45) is 7.05 Å². The van der Waals surface area contributed by atoms with E-state index in [1.54, 1.807) is 0 Å². The number of nitrogens with zero attached hydrogens (tertiary/aromatic N) is 2. The summed E-state index contributed by atoms with van der Waals surface area (Å²) >= 11 is 0. The molecular formula is C17H24N4O. The fourth-order valence-corrected chi connectivity index (χ4v) is 2.51. The van der Waals surface area contributed by atoms with E-state index in [1.807, 2.05) is 63.1 Å². The van der Waals surface area contributed by atoms with Gasteiger partial charge in [0.25, 0.3) is 5.91 Å². The number of likely N-dealkylation sites (N-methyl/N-ethyl adjacent to an activating group) is 1. The van der Waals surface area contributed by atoms with Gasteiger partial charge < -0.3 is 10.6 Å². The molecule has 1 aromatic carbocycles. The summed E-state index contributed by atoms with van der Waals surface area (Å²) in [6, 6.07) is 7.68. The number of hydrogen-bond acceptors (Lipinski definition) is 3. The third-order valence-electron chi connectivity index (χ3n) is 3.99. The van der Waals surface area contributed by atoms with Crippen LogP contribution in [0.1, 0.15) is 40.1 Å². The molecule has 1 amide bonds. The SMILES string of the molecule is CNCCc1ccccc1C(=O)NC(C)c1cnn(C)c1C. The van der Waals surface area contributed by atoms with Gasteiger partial charge in [-0.15, -0.1) is 0 Å². The maximum atomic E-state index is 12.6. The second kappa shape index (κ2) is 7.22. The van der Waals surface area contributed by atoms with E-state index < -0.39 is 0 Å². The maximum Gasteiger partial charge on any atom is 0.252 e. The Balaban J connectivity index is 2.13. The summed E-state index contributed by atoms with van der Waals surface area (Å²) in [7, 11) is 3.82. The van der Waals surface area contributed by atoms with Gasteiger partial charge in [0.15, 0.2) is 0 Å². The minimum Gasteiger partial charge on any atom is -0.345 e. The molecule has 0 saturated heterocycles. The molecule has 5 nitrogen and oxygen atoms in total. The molecule has 0 radical (unpaired) electrons. The zero-order valence-corrected chi connectivity index (χ0v) is 13.7. The summed E-state index contributed by atoms with van der Waals surface area (Å²) in [4.78, 5) is 12.6. The molecule has 0 spiro atoms. The number of aryl methyl sites for hydroxylation is 1. The Bertz CT molecular complexity index is 648. The van der Waals surface area contributed by atoms with Crippen LogP contribution in [0, 0.1) is 6.92 Å². The van der Waals surface area contributed by atoms with Crippen molar-refractivity contribution < 1.29 is 4.79 Å². The zero-order chi connectivity index (χ0) is 16.1. The molecule has 2 N–H and O–H groups in total. The number of benzene rings is 1. The fraction of sp³-hybridized carbons (Fsp3) is 0.412. The summed E-state index contributed by atoms with van der Waals surface area (Å²) in [6.45, 7) is 4.84. The molecule has 0 aliphatic carbocycles. The van der Waals surface area contributed by atoms with Crippen molar-refractivity contribution in [3.8, 4) is 0 Å². The highest BCUT2D eigenvalue weighted by molar-refractivity contribution is 5.95. The molecule has 2 aromatic rings. The van der Waals surface area contributed by atoms with E-state index >= 15 is 0 Å². The summed E-state index contributed by atoms with van der Waals surface area (Å²) < 4.78 is 1.82. The Morgan fingerprint density at radius 3 is 2.73 bits per heavy atom. The molecule has 1 aromatic heterocycles. The topological polar surface area (TPSA) is 59.0 Å². The van der Waals surface area contributed by atoms with E-state index in [4.69, 9.17) is 0 Å². The molecule has 0 bridgehead atoms. The molecule has 1 unspecified atom stereocenters. The minimum absolute atomic E-state index is 0.0394. The maximum absolute atomic E-state index is 12.6. The van der Waals surface area contributed by atoms with Gasteiger partial charge in [-0.05, 0) is 45.5 Å². The third kappa shape index (κ3) is 3.54. The van der Waals surface area contributed by atoms with Gasteiger partial charge in [-0.25, -0.2) is 0 Å². The lowest BCUT2D eigenvalue weighted by atomic mass is 10.0. The summed E-state index contributed by atoms with van der Waals surface area (Å²) in [6.07, 6.45) is 2.65. The van der Waals surface area contributed by atoms with E-state index in [9.17, 15) is 4.79 Å². The predicted octanol–water partition coefficient (Wildman–Crippen LogP) is 1.98. The fourth-order valence-electron chi connectivity index (χ4n) is 2.51. The van der Waals surface area contributed by atoms with E-state index in [2.05, 4.69) is 15.7 Å². The number of hydrogen-bond donors (Lipinski definition) is 2. The molecule has 118 valence electrons. The predicted molar refractivity (Wildman–Crippen MR) is 87.9 cm³/mol. The van der Waals surface area contributed by atoms with Crippen molar-refractivity contribution in [1.82, 2.24) is 20.4 Å². The molecule has 0 aliphatic heterocycles. The van der Waals surface area contributed by atoms with Crippen LogP contribution in [0.2, 0.25) is 0 Å². The second-order valence-corrected chi connectivity index (χ2v) is 5.51. The molecule has 0 aliphatic rings. The van der Waals surface area contributed by atoms with E-state index in [-0.39, 0.29) is 11.9 Å². The van der Waals surface area contributed by atoms with Crippen LogP contribution in [0.25, 0.3) is 0 Å². The van der Waals surface area contributed by atoms with Crippen molar-refractivity contribution in [3.63, 3.8) is 0 Å². The number of amides is 1. The molecule has 2 rings (SSSR count). The van der Waals surface area contributed by atoms with Crippen molar-refractivity contribution in [3.05, 3.63) is 52.8 Å². The average molecular weight is 300 g/mol. The van der Waals surface area contributed by atoms with Gasteiger partial charge in [0.1, 0.15) is 0 Å². The molecule has 0 fully saturated rings. The smallest absolute Gasteiger partial charge is 0.252 e. The van der Waals surface area contributed by atoms with Crippen LogP contribution in [-0.4, -0.2) is 29.3 Å². The quantitative estimate of drug-likeness (QED) is 0.857. The first-order valence-corrected chi connectivity index (χ1v) is 7.56. The largest absolute Gasteiger partial charge is 0.345 e. The van der Waals surface area contributed by atoms with Crippen molar-refractivity contribution in [2.45, 2.75) is 26.3 Å². The van der Waals surface area contributed by atoms with Crippen LogP contribution in [-0.2, 0) is 13.5 Å². The summed E-state index contributed by atoms with van der Waals surface area (Å²) in [5, 5.41) is 10.4. The second-order valence-electron chi connectivity index (χ2n) is 5.51. The Morgan fingerprint density at radius 2 is 2.09 bits per heavy atom. The van der Waals surface area contributed by atoms with Crippen LogP contribution in [0.5, 0.6) is 0 Å². The zero-order valence-electron chi connectivity index (χ0n) is 13.7. The number of aromatic nitrogens is 2. The van der Waals surface area contributed by atoms with Gasteiger partial charge in [-0.2, -0.15) is 5.10 Å². The third-order valence-corrected chi connectivity index (χ3v) is 3.99. The van der Waals surface area contributed by atoms with Crippen LogP contribution >= 0.6 is 0 Å². The summed E-state index contributed by atoms with van der Waals surface area (Å²) in [5.74, 6) is -0.0394. The first kappa shape index (κ1) is 16.2. The van der Waals surface area contributed by atoms with Gasteiger partial charge in [0, 0.05) is 23.9 Å². The minimum atomic E-state index is -0.0708. The molecule has 1 heterocycles. The van der Waals surface area contributed by atoms with Gasteiger partial charge in [0.05, 0.1) is 12.2 Å². The lowest BCUT2D eigenvalue weighted by molar-refractivity contribution is 0.0939. The van der Waals surface area contributed by atoms with Crippen molar-refractivity contribution in [1.29, 1.82) is 0 Å². The van der Waals surface area contributed by atoms with Crippen LogP contribution in [0.4, 0.5) is 0 Å². The van der Waals surface area contributed by atoms with Crippen molar-refractivity contribution >= 4 is 5.91 Å². The highest BCUT2D eigenvalue weighted by atomic mass is 16.1. The van der Waals surface area contributed by atoms with Crippen LogP contribution in [0.15, 0.2) is 30.5 Å².